The van der Waals surface area contributed by atoms with Crippen LogP contribution in [-0.4, -0.2) is 34.9 Å². The van der Waals surface area contributed by atoms with Crippen molar-refractivity contribution < 1.29 is 18.4 Å². The van der Waals surface area contributed by atoms with Gasteiger partial charge in [-0.05, 0) is 24.6 Å². The van der Waals surface area contributed by atoms with Crippen LogP contribution in [0.5, 0.6) is 0 Å². The van der Waals surface area contributed by atoms with Crippen molar-refractivity contribution in [3.63, 3.8) is 0 Å². The first-order chi connectivity index (χ1) is 9.97. The van der Waals surface area contributed by atoms with Crippen LogP contribution in [0.2, 0.25) is 0 Å². The normalized spacial score (nSPS) is 16.1. The topological polar surface area (TPSA) is 49.4 Å². The molecular formula is C14H16F2N2O2S. The summed E-state index contributed by atoms with van der Waals surface area (Å²) in [5.41, 5.74) is 0.495. The van der Waals surface area contributed by atoms with E-state index in [1.165, 1.54) is 17.8 Å². The van der Waals surface area contributed by atoms with Crippen molar-refractivity contribution in [1.82, 2.24) is 10.2 Å². The number of halogens is 2. The van der Waals surface area contributed by atoms with E-state index in [0.717, 1.165) is 17.9 Å². The Kier molecular flexibility index (Phi) is 5.17. The number of rotatable bonds is 5. The molecule has 0 aromatic heterocycles. The predicted octanol–water partition coefficient (Wildman–Crippen LogP) is 2.70. The van der Waals surface area contributed by atoms with Gasteiger partial charge in [-0.2, -0.15) is 0 Å². The highest BCUT2D eigenvalue weighted by molar-refractivity contribution is 8.13. The summed E-state index contributed by atoms with van der Waals surface area (Å²) in [4.78, 5) is 24.8. The first-order valence-corrected chi connectivity index (χ1v) is 7.62. The van der Waals surface area contributed by atoms with Crippen LogP contribution in [0.1, 0.15) is 24.9 Å². The minimum atomic E-state index is -0.937. The Morgan fingerprint density at radius 2 is 2.19 bits per heavy atom. The van der Waals surface area contributed by atoms with Gasteiger partial charge in [0.25, 0.3) is 5.24 Å². The number of hydrogen-bond donors (Lipinski definition) is 1. The van der Waals surface area contributed by atoms with E-state index >= 15 is 0 Å². The monoisotopic (exact) mass is 314 g/mol. The van der Waals surface area contributed by atoms with Gasteiger partial charge in [0, 0.05) is 25.3 Å². The first-order valence-electron chi connectivity index (χ1n) is 6.63. The average molecular weight is 314 g/mol. The van der Waals surface area contributed by atoms with Crippen LogP contribution in [0, 0.1) is 11.6 Å². The van der Waals surface area contributed by atoms with Crippen LogP contribution < -0.4 is 5.32 Å². The third-order valence-corrected chi connectivity index (χ3v) is 4.17. The minimum absolute atomic E-state index is 0.00328. The van der Waals surface area contributed by atoms with Crippen LogP contribution in [0.15, 0.2) is 18.2 Å². The second kappa shape index (κ2) is 6.89. The molecule has 1 aromatic carbocycles. The highest BCUT2D eigenvalue weighted by atomic mass is 32.2. The maximum Gasteiger partial charge on any atom is 0.281 e. The van der Waals surface area contributed by atoms with E-state index in [-0.39, 0.29) is 17.6 Å². The van der Waals surface area contributed by atoms with Crippen molar-refractivity contribution >= 4 is 22.9 Å². The van der Waals surface area contributed by atoms with Crippen molar-refractivity contribution in [3.8, 4) is 0 Å². The zero-order chi connectivity index (χ0) is 15.4. The summed E-state index contributed by atoms with van der Waals surface area (Å²) >= 11 is 1.25. The maximum absolute atomic E-state index is 13.1. The summed E-state index contributed by atoms with van der Waals surface area (Å²) in [6, 6.07) is 3.12. The Morgan fingerprint density at radius 3 is 2.81 bits per heavy atom. The molecule has 21 heavy (non-hydrogen) atoms. The molecule has 1 aliphatic rings. The van der Waals surface area contributed by atoms with Gasteiger partial charge in [-0.1, -0.05) is 17.8 Å². The molecule has 1 aromatic rings. The Morgan fingerprint density at radius 1 is 1.43 bits per heavy atom. The Balaban J connectivity index is 1.84. The molecule has 0 saturated carbocycles. The number of carbonyl (C=O) groups is 2. The van der Waals surface area contributed by atoms with Crippen molar-refractivity contribution in [3.05, 3.63) is 35.4 Å². The number of thioether (sulfide) groups is 1. The second-order valence-corrected chi connectivity index (χ2v) is 5.86. The summed E-state index contributed by atoms with van der Waals surface area (Å²) in [5.74, 6) is -1.32. The number of hydrogen-bond acceptors (Lipinski definition) is 3. The van der Waals surface area contributed by atoms with Crippen molar-refractivity contribution in [2.45, 2.75) is 19.4 Å². The van der Waals surface area contributed by atoms with Gasteiger partial charge in [0.05, 0.1) is 6.04 Å². The molecule has 0 spiro atoms. The molecule has 4 nitrogen and oxygen atoms in total. The Bertz CT molecular complexity index is 554. The van der Waals surface area contributed by atoms with E-state index in [0.29, 0.717) is 18.7 Å². The second-order valence-electron chi connectivity index (χ2n) is 4.81. The van der Waals surface area contributed by atoms with Gasteiger partial charge in [0.2, 0.25) is 5.91 Å². The van der Waals surface area contributed by atoms with E-state index in [1.807, 2.05) is 0 Å². The SMILES string of the molecule is CC(NC(=O)CCN1CCSC1=O)c1ccc(F)c(F)c1. The fraction of sp³-hybridized carbons (Fsp3) is 0.429. The van der Waals surface area contributed by atoms with E-state index in [1.54, 1.807) is 11.8 Å². The third-order valence-electron chi connectivity index (χ3n) is 3.27. The van der Waals surface area contributed by atoms with Gasteiger partial charge in [0.1, 0.15) is 0 Å². The van der Waals surface area contributed by atoms with E-state index in [2.05, 4.69) is 5.32 Å². The molecule has 0 aliphatic carbocycles. The van der Waals surface area contributed by atoms with Gasteiger partial charge in [-0.3, -0.25) is 9.59 Å². The highest BCUT2D eigenvalue weighted by Crippen LogP contribution is 2.18. The Labute approximate surface area is 125 Å². The van der Waals surface area contributed by atoms with Gasteiger partial charge >= 0.3 is 0 Å². The molecular weight excluding hydrogens is 298 g/mol. The molecule has 7 heteroatoms. The largest absolute Gasteiger partial charge is 0.350 e. The van der Waals surface area contributed by atoms with Crippen LogP contribution >= 0.6 is 11.8 Å². The fourth-order valence-corrected chi connectivity index (χ4v) is 2.90. The molecule has 1 aliphatic heterocycles. The van der Waals surface area contributed by atoms with Crippen LogP contribution in [0.25, 0.3) is 0 Å². The van der Waals surface area contributed by atoms with E-state index in [4.69, 9.17) is 0 Å². The molecule has 2 rings (SSSR count). The highest BCUT2D eigenvalue weighted by Gasteiger charge is 2.21. The predicted molar refractivity (Wildman–Crippen MR) is 77.0 cm³/mol. The van der Waals surface area contributed by atoms with E-state index in [9.17, 15) is 18.4 Å². The van der Waals surface area contributed by atoms with Gasteiger partial charge in [-0.25, -0.2) is 8.78 Å². The lowest BCUT2D eigenvalue weighted by Gasteiger charge is -2.17. The number of nitrogens with one attached hydrogen (secondary N) is 1. The number of carbonyl (C=O) groups excluding carboxylic acids is 2. The Hall–Kier alpha value is -1.63. The van der Waals surface area contributed by atoms with Gasteiger partial charge in [-0.15, -0.1) is 0 Å². The van der Waals surface area contributed by atoms with E-state index < -0.39 is 17.7 Å². The van der Waals surface area contributed by atoms with Crippen molar-refractivity contribution in [1.29, 1.82) is 0 Å². The average Bonchev–Trinajstić information content (AvgIpc) is 2.85. The number of amides is 2. The molecule has 1 N–H and O–H groups in total. The fourth-order valence-electron chi connectivity index (χ4n) is 2.04. The van der Waals surface area contributed by atoms with Crippen LogP contribution in [0.4, 0.5) is 13.6 Å². The maximum atomic E-state index is 13.1. The summed E-state index contributed by atoms with van der Waals surface area (Å²) in [6.07, 6.45) is 0.195. The van der Waals surface area contributed by atoms with Crippen molar-refractivity contribution in [2.75, 3.05) is 18.8 Å². The standard InChI is InChI=1S/C14H16F2N2O2S/c1-9(10-2-3-11(15)12(16)8-10)17-13(19)4-5-18-6-7-21-14(18)20/h2-3,8-9H,4-7H2,1H3,(H,17,19). The minimum Gasteiger partial charge on any atom is -0.350 e. The first kappa shape index (κ1) is 15.8. The molecule has 0 radical (unpaired) electrons. The lowest BCUT2D eigenvalue weighted by atomic mass is 10.1. The summed E-state index contributed by atoms with van der Waals surface area (Å²) in [7, 11) is 0. The molecule has 1 unspecified atom stereocenters. The number of benzene rings is 1. The lowest BCUT2D eigenvalue weighted by Crippen LogP contribution is -2.32. The smallest absolute Gasteiger partial charge is 0.281 e. The van der Waals surface area contributed by atoms with Crippen LogP contribution in [-0.2, 0) is 4.79 Å². The molecule has 1 heterocycles. The zero-order valence-corrected chi connectivity index (χ0v) is 12.4. The van der Waals surface area contributed by atoms with Gasteiger partial charge in [0.15, 0.2) is 11.6 Å². The summed E-state index contributed by atoms with van der Waals surface area (Å²) in [5, 5.41) is 2.71. The molecule has 0 bridgehead atoms. The quantitative estimate of drug-likeness (QED) is 0.909. The zero-order valence-electron chi connectivity index (χ0n) is 11.6. The molecule has 1 atom stereocenters. The van der Waals surface area contributed by atoms with Gasteiger partial charge < -0.3 is 10.2 Å². The third kappa shape index (κ3) is 4.17. The number of nitrogens with zero attached hydrogens (tertiary/aromatic N) is 1. The summed E-state index contributed by atoms with van der Waals surface area (Å²) in [6.45, 7) is 2.74. The van der Waals surface area contributed by atoms with Crippen LogP contribution in [0.3, 0.4) is 0 Å². The lowest BCUT2D eigenvalue weighted by molar-refractivity contribution is -0.121. The van der Waals surface area contributed by atoms with Crippen molar-refractivity contribution in [2.24, 2.45) is 0 Å². The molecule has 114 valence electrons. The molecule has 1 fully saturated rings. The molecule has 2 amide bonds. The summed E-state index contributed by atoms with van der Waals surface area (Å²) < 4.78 is 26.0. The molecule has 1 saturated heterocycles.